The molecule has 2 fully saturated rings. The quantitative estimate of drug-likeness (QED) is 0.388. The number of halogens is 6. The number of rotatable bonds is 3. The molecule has 2 rings (SSSR count). The van der Waals surface area contributed by atoms with Gasteiger partial charge < -0.3 is 4.74 Å². The number of carbonyl (C=O) groups is 1. The van der Waals surface area contributed by atoms with Crippen LogP contribution < -0.4 is 0 Å². The summed E-state index contributed by atoms with van der Waals surface area (Å²) in [7, 11) is 1.31. The lowest BCUT2D eigenvalue weighted by Gasteiger charge is -2.37. The van der Waals surface area contributed by atoms with E-state index in [1.165, 1.54) is 7.11 Å². The topological polar surface area (TPSA) is 26.3 Å². The zero-order chi connectivity index (χ0) is 18.8. The second-order valence-corrected chi connectivity index (χ2v) is 6.69. The van der Waals surface area contributed by atoms with Crippen LogP contribution in [0.4, 0.5) is 26.3 Å². The van der Waals surface area contributed by atoms with Gasteiger partial charge in [0.15, 0.2) is 5.41 Å². The molecule has 0 aromatic heterocycles. The van der Waals surface area contributed by atoms with Gasteiger partial charge in [0.05, 0.1) is 7.11 Å². The van der Waals surface area contributed by atoms with Crippen molar-refractivity contribution >= 4 is 5.97 Å². The van der Waals surface area contributed by atoms with Crippen LogP contribution in [0.2, 0.25) is 0 Å². The molecule has 2 aliphatic carbocycles. The number of methoxy groups -OCH3 is 1. The van der Waals surface area contributed by atoms with Gasteiger partial charge in [-0.25, -0.2) is 4.79 Å². The molecule has 2 nitrogen and oxygen atoms in total. The van der Waals surface area contributed by atoms with E-state index < -0.39 is 36.1 Å². The molecule has 0 heterocycles. The molecule has 24 heavy (non-hydrogen) atoms. The van der Waals surface area contributed by atoms with E-state index in [0.29, 0.717) is 19.3 Å². The molecule has 0 N–H and O–H groups in total. The monoisotopic (exact) mass is 360 g/mol. The molecule has 3 atom stereocenters. The Morgan fingerprint density at radius 2 is 1.67 bits per heavy atom. The van der Waals surface area contributed by atoms with Crippen molar-refractivity contribution in [3.05, 3.63) is 12.7 Å². The minimum atomic E-state index is -5.23. The lowest BCUT2D eigenvalue weighted by atomic mass is 9.74. The third-order valence-corrected chi connectivity index (χ3v) is 5.17. The number of hydrogen-bond acceptors (Lipinski definition) is 2. The number of alkyl halides is 6. The maximum absolute atomic E-state index is 12.8. The Morgan fingerprint density at radius 3 is 1.92 bits per heavy atom. The summed E-state index contributed by atoms with van der Waals surface area (Å²) in [6.07, 6.45) is -7.04. The molecule has 2 saturated carbocycles. The van der Waals surface area contributed by atoms with E-state index in [1.54, 1.807) is 0 Å². The third kappa shape index (κ3) is 4.45. The maximum atomic E-state index is 12.8. The molecule has 0 saturated heterocycles. The zero-order valence-electron chi connectivity index (χ0n) is 13.6. The number of carbonyl (C=O) groups excluding carboxylic acids is 1. The van der Waals surface area contributed by atoms with Crippen molar-refractivity contribution in [1.82, 2.24) is 0 Å². The first-order chi connectivity index (χ1) is 10.9. The molecule has 140 valence electrons. The second-order valence-electron chi connectivity index (χ2n) is 6.69. The van der Waals surface area contributed by atoms with Gasteiger partial charge in [0.25, 0.3) is 0 Å². The second kappa shape index (κ2) is 7.35. The van der Waals surface area contributed by atoms with Gasteiger partial charge in [0, 0.05) is 6.08 Å². The average Bonchev–Trinajstić information content (AvgIpc) is 3.07. The summed E-state index contributed by atoms with van der Waals surface area (Å²) in [5, 5.41) is 0. The lowest BCUT2D eigenvalue weighted by molar-refractivity contribution is -0.340. The molecule has 0 aromatic carbocycles. The van der Waals surface area contributed by atoms with E-state index >= 15 is 0 Å². The smallest absolute Gasteiger partial charge is 0.402 e. The first kappa shape index (κ1) is 20.8. The summed E-state index contributed by atoms with van der Waals surface area (Å²) >= 11 is 0. The first-order valence-corrected chi connectivity index (χ1v) is 7.69. The van der Waals surface area contributed by atoms with Gasteiger partial charge in [0.1, 0.15) is 0 Å². The Balaban J connectivity index is 0.000000413. The highest BCUT2D eigenvalue weighted by molar-refractivity contribution is 5.80. The lowest BCUT2D eigenvalue weighted by Crippen LogP contribution is -2.49. The van der Waals surface area contributed by atoms with Crippen LogP contribution in [0.25, 0.3) is 0 Å². The van der Waals surface area contributed by atoms with Gasteiger partial charge in [-0.15, -0.1) is 0 Å². The SMILES string of the molecule is C=CC(=O)OC.CC(CC1CC2CCC1C2)(C(F)(F)F)C(F)(F)F. The van der Waals surface area contributed by atoms with Gasteiger partial charge >= 0.3 is 18.3 Å². The molecule has 2 aliphatic rings. The predicted octanol–water partition coefficient (Wildman–Crippen LogP) is 5.29. The summed E-state index contributed by atoms with van der Waals surface area (Å²) in [5.41, 5.74) is -3.56. The van der Waals surface area contributed by atoms with E-state index in [0.717, 1.165) is 25.3 Å². The number of fused-ring (bicyclic) bond motifs is 2. The summed E-state index contributed by atoms with van der Waals surface area (Å²) in [5.74, 6) is -0.392. The molecule has 3 unspecified atom stereocenters. The van der Waals surface area contributed by atoms with Crippen LogP contribution in [0.1, 0.15) is 39.0 Å². The number of esters is 1. The molecule has 0 aliphatic heterocycles. The van der Waals surface area contributed by atoms with Crippen LogP contribution in [0.15, 0.2) is 12.7 Å². The number of hydrogen-bond donors (Lipinski definition) is 0. The summed E-state index contributed by atoms with van der Waals surface area (Å²) < 4.78 is 80.8. The van der Waals surface area contributed by atoms with Crippen LogP contribution in [-0.2, 0) is 9.53 Å². The van der Waals surface area contributed by atoms with Gasteiger partial charge in [-0.3, -0.25) is 0 Å². The van der Waals surface area contributed by atoms with Crippen LogP contribution in [0, 0.1) is 23.2 Å². The average molecular weight is 360 g/mol. The van der Waals surface area contributed by atoms with E-state index in [9.17, 15) is 31.1 Å². The Morgan fingerprint density at radius 1 is 1.12 bits per heavy atom. The van der Waals surface area contributed by atoms with Gasteiger partial charge in [0.2, 0.25) is 0 Å². The molecule has 8 heteroatoms. The van der Waals surface area contributed by atoms with Crippen molar-refractivity contribution in [2.75, 3.05) is 7.11 Å². The minimum Gasteiger partial charge on any atom is -0.466 e. The minimum absolute atomic E-state index is 0.0685. The van der Waals surface area contributed by atoms with E-state index in [4.69, 9.17) is 0 Å². The highest BCUT2D eigenvalue weighted by atomic mass is 19.4. The normalized spacial score (nSPS) is 26.6. The molecular formula is C16H22F6O2. The molecule has 2 bridgehead atoms. The van der Waals surface area contributed by atoms with Crippen molar-refractivity contribution < 1.29 is 35.9 Å². The van der Waals surface area contributed by atoms with Crippen LogP contribution in [0.3, 0.4) is 0 Å². The fourth-order valence-electron chi connectivity index (χ4n) is 3.63. The number of ether oxygens (including phenoxy) is 1. The predicted molar refractivity (Wildman–Crippen MR) is 76.0 cm³/mol. The maximum Gasteiger partial charge on any atom is 0.402 e. The molecule has 0 radical (unpaired) electrons. The molecule has 0 spiro atoms. The first-order valence-electron chi connectivity index (χ1n) is 7.69. The fourth-order valence-corrected chi connectivity index (χ4v) is 3.63. The summed E-state index contributed by atoms with van der Waals surface area (Å²) in [4.78, 5) is 9.84. The Kier molecular flexibility index (Phi) is 6.38. The fraction of sp³-hybridized carbons (Fsp3) is 0.812. The standard InChI is InChI=1S/C12H16F6.C4H6O2/c1-10(11(13,14)15,12(16,17)18)6-9-5-7-2-3-8(9)4-7;1-3-4(5)6-2/h7-9H,2-6H2,1H3;3H,1H2,2H3. The summed E-state index contributed by atoms with van der Waals surface area (Å²) in [6.45, 7) is 3.46. The van der Waals surface area contributed by atoms with E-state index in [-0.39, 0.29) is 5.92 Å². The molecular weight excluding hydrogens is 338 g/mol. The van der Waals surface area contributed by atoms with Crippen LogP contribution in [-0.4, -0.2) is 25.4 Å². The van der Waals surface area contributed by atoms with E-state index in [1.807, 2.05) is 0 Å². The van der Waals surface area contributed by atoms with Crippen molar-refractivity contribution in [3.8, 4) is 0 Å². The van der Waals surface area contributed by atoms with E-state index in [2.05, 4.69) is 11.3 Å². The highest BCUT2D eigenvalue weighted by Crippen LogP contribution is 2.59. The molecule has 0 amide bonds. The molecule has 0 aromatic rings. The third-order valence-electron chi connectivity index (χ3n) is 5.17. The van der Waals surface area contributed by atoms with Gasteiger partial charge in [-0.05, 0) is 50.4 Å². The Bertz CT molecular complexity index is 440. The van der Waals surface area contributed by atoms with Crippen LogP contribution >= 0.6 is 0 Å². The van der Waals surface area contributed by atoms with Gasteiger partial charge in [-0.1, -0.05) is 13.0 Å². The zero-order valence-corrected chi connectivity index (χ0v) is 13.6. The highest BCUT2D eigenvalue weighted by Gasteiger charge is 2.68. The van der Waals surface area contributed by atoms with Crippen molar-refractivity contribution in [3.63, 3.8) is 0 Å². The Labute approximate surface area is 137 Å². The Hall–Kier alpha value is -1.21. The van der Waals surface area contributed by atoms with Crippen molar-refractivity contribution in [2.24, 2.45) is 23.2 Å². The van der Waals surface area contributed by atoms with Gasteiger partial charge in [-0.2, -0.15) is 26.3 Å². The summed E-state index contributed by atoms with van der Waals surface area (Å²) in [6, 6.07) is 0. The largest absolute Gasteiger partial charge is 0.466 e. The van der Waals surface area contributed by atoms with Crippen molar-refractivity contribution in [2.45, 2.75) is 51.4 Å². The van der Waals surface area contributed by atoms with Crippen LogP contribution in [0.5, 0.6) is 0 Å². The van der Waals surface area contributed by atoms with Crippen molar-refractivity contribution in [1.29, 1.82) is 0 Å².